The number of nitrogens with zero attached hydrogens (tertiary/aromatic N) is 4. The highest BCUT2D eigenvalue weighted by atomic mass is 15.3. The molecule has 0 spiro atoms. The standard InChI is InChI=1S/C8H12N4/c1-6-7(5-9)8(11(2)3)12(4)10-6/h1-4H3. The van der Waals surface area contributed by atoms with E-state index in [-0.39, 0.29) is 0 Å². The molecular formula is C8H12N4. The fraction of sp³-hybridized carbons (Fsp3) is 0.500. The van der Waals surface area contributed by atoms with Gasteiger partial charge < -0.3 is 4.90 Å². The highest BCUT2D eigenvalue weighted by Crippen LogP contribution is 2.19. The number of nitriles is 1. The highest BCUT2D eigenvalue weighted by Gasteiger charge is 2.13. The minimum absolute atomic E-state index is 0.655. The van der Waals surface area contributed by atoms with Gasteiger partial charge in [-0.2, -0.15) is 10.4 Å². The van der Waals surface area contributed by atoms with Gasteiger partial charge in [0.15, 0.2) is 0 Å². The average molecular weight is 164 g/mol. The van der Waals surface area contributed by atoms with E-state index in [1.54, 1.807) is 4.68 Å². The lowest BCUT2D eigenvalue weighted by atomic mass is 10.2. The van der Waals surface area contributed by atoms with Crippen LogP contribution in [0.5, 0.6) is 0 Å². The molecule has 1 aromatic rings. The maximum atomic E-state index is 8.83. The van der Waals surface area contributed by atoms with Crippen LogP contribution in [-0.4, -0.2) is 23.9 Å². The smallest absolute Gasteiger partial charge is 0.144 e. The normalized spacial score (nSPS) is 9.58. The molecule has 0 aliphatic heterocycles. The van der Waals surface area contributed by atoms with Gasteiger partial charge in [-0.25, -0.2) is 0 Å². The fourth-order valence-corrected chi connectivity index (χ4v) is 1.29. The van der Waals surface area contributed by atoms with E-state index < -0.39 is 0 Å². The molecule has 0 atom stereocenters. The van der Waals surface area contributed by atoms with Gasteiger partial charge in [0.05, 0.1) is 5.69 Å². The number of hydrogen-bond acceptors (Lipinski definition) is 3. The van der Waals surface area contributed by atoms with Crippen LogP contribution in [0.25, 0.3) is 0 Å². The van der Waals surface area contributed by atoms with Gasteiger partial charge >= 0.3 is 0 Å². The van der Waals surface area contributed by atoms with Crippen molar-refractivity contribution in [3.05, 3.63) is 11.3 Å². The summed E-state index contributed by atoms with van der Waals surface area (Å²) in [5.74, 6) is 0.856. The summed E-state index contributed by atoms with van der Waals surface area (Å²) in [5, 5.41) is 13.0. The maximum Gasteiger partial charge on any atom is 0.144 e. The Morgan fingerprint density at radius 1 is 1.50 bits per heavy atom. The third kappa shape index (κ3) is 1.14. The molecule has 0 unspecified atom stereocenters. The summed E-state index contributed by atoms with van der Waals surface area (Å²) < 4.78 is 1.72. The van der Waals surface area contributed by atoms with Gasteiger partial charge in [-0.1, -0.05) is 0 Å². The van der Waals surface area contributed by atoms with Crippen LogP contribution in [0, 0.1) is 18.3 Å². The van der Waals surface area contributed by atoms with Crippen LogP contribution in [0.4, 0.5) is 5.82 Å². The minimum Gasteiger partial charge on any atom is -0.362 e. The van der Waals surface area contributed by atoms with Crippen LogP contribution in [-0.2, 0) is 7.05 Å². The fourth-order valence-electron chi connectivity index (χ4n) is 1.29. The maximum absolute atomic E-state index is 8.83. The zero-order valence-electron chi connectivity index (χ0n) is 7.79. The van der Waals surface area contributed by atoms with Crippen LogP contribution in [0.3, 0.4) is 0 Å². The van der Waals surface area contributed by atoms with E-state index in [0.29, 0.717) is 5.56 Å². The molecule has 0 saturated heterocycles. The number of hydrogen-bond donors (Lipinski definition) is 0. The lowest BCUT2D eigenvalue weighted by Gasteiger charge is -2.11. The zero-order chi connectivity index (χ0) is 9.30. The van der Waals surface area contributed by atoms with E-state index in [1.807, 2.05) is 33.0 Å². The number of rotatable bonds is 1. The quantitative estimate of drug-likeness (QED) is 0.612. The molecule has 0 amide bonds. The summed E-state index contributed by atoms with van der Waals surface area (Å²) in [5.41, 5.74) is 1.44. The lowest BCUT2D eigenvalue weighted by molar-refractivity contribution is 0.745. The lowest BCUT2D eigenvalue weighted by Crippen LogP contribution is -2.14. The third-order valence-electron chi connectivity index (χ3n) is 1.73. The number of aryl methyl sites for hydroxylation is 2. The van der Waals surface area contributed by atoms with Crippen molar-refractivity contribution >= 4 is 5.82 Å². The molecule has 0 N–H and O–H groups in total. The van der Waals surface area contributed by atoms with Crippen molar-refractivity contribution in [1.29, 1.82) is 5.26 Å². The monoisotopic (exact) mass is 164 g/mol. The first-order valence-corrected chi connectivity index (χ1v) is 3.69. The summed E-state index contributed by atoms with van der Waals surface area (Å²) >= 11 is 0. The summed E-state index contributed by atoms with van der Waals surface area (Å²) in [7, 11) is 5.64. The van der Waals surface area contributed by atoms with Gasteiger partial charge in [0.1, 0.15) is 17.5 Å². The summed E-state index contributed by atoms with van der Waals surface area (Å²) in [4.78, 5) is 1.89. The highest BCUT2D eigenvalue weighted by molar-refractivity contribution is 5.55. The first-order chi connectivity index (χ1) is 5.57. The molecule has 0 aliphatic carbocycles. The predicted octanol–water partition coefficient (Wildman–Crippen LogP) is 0.666. The van der Waals surface area contributed by atoms with Crippen molar-refractivity contribution in [2.24, 2.45) is 7.05 Å². The Morgan fingerprint density at radius 3 is 2.42 bits per heavy atom. The molecular weight excluding hydrogens is 152 g/mol. The molecule has 0 aromatic carbocycles. The Balaban J connectivity index is 3.35. The van der Waals surface area contributed by atoms with Crippen LogP contribution >= 0.6 is 0 Å². The Kier molecular flexibility index (Phi) is 2.05. The van der Waals surface area contributed by atoms with Crippen LogP contribution in [0.1, 0.15) is 11.3 Å². The second-order valence-electron chi connectivity index (χ2n) is 2.91. The SMILES string of the molecule is Cc1nn(C)c(N(C)C)c1C#N. The molecule has 1 rings (SSSR count). The van der Waals surface area contributed by atoms with Crippen molar-refractivity contribution in [1.82, 2.24) is 9.78 Å². The van der Waals surface area contributed by atoms with Gasteiger partial charge in [0.2, 0.25) is 0 Å². The van der Waals surface area contributed by atoms with Gasteiger partial charge in [-0.15, -0.1) is 0 Å². The van der Waals surface area contributed by atoms with Gasteiger partial charge in [0, 0.05) is 21.1 Å². The van der Waals surface area contributed by atoms with Crippen molar-refractivity contribution in [3.63, 3.8) is 0 Å². The molecule has 64 valence electrons. The molecule has 4 nitrogen and oxygen atoms in total. The molecule has 4 heteroatoms. The van der Waals surface area contributed by atoms with Crippen LogP contribution in [0.2, 0.25) is 0 Å². The summed E-state index contributed by atoms with van der Waals surface area (Å²) in [6.45, 7) is 1.84. The molecule has 0 saturated carbocycles. The second kappa shape index (κ2) is 2.86. The van der Waals surface area contributed by atoms with E-state index in [1.165, 1.54) is 0 Å². The third-order valence-corrected chi connectivity index (χ3v) is 1.73. The van der Waals surface area contributed by atoms with Gasteiger partial charge in [-0.05, 0) is 6.92 Å². The van der Waals surface area contributed by atoms with Crippen molar-refractivity contribution in [3.8, 4) is 6.07 Å². The van der Waals surface area contributed by atoms with E-state index in [2.05, 4.69) is 11.2 Å². The Hall–Kier alpha value is -1.50. The Bertz CT molecular complexity index is 330. The predicted molar refractivity (Wildman–Crippen MR) is 47.0 cm³/mol. The van der Waals surface area contributed by atoms with E-state index >= 15 is 0 Å². The van der Waals surface area contributed by atoms with Crippen LogP contribution in [0.15, 0.2) is 0 Å². The number of anilines is 1. The Labute approximate surface area is 72.0 Å². The Morgan fingerprint density at radius 2 is 2.08 bits per heavy atom. The first kappa shape index (κ1) is 8.60. The van der Waals surface area contributed by atoms with Crippen molar-refractivity contribution < 1.29 is 0 Å². The molecule has 0 fully saturated rings. The number of aromatic nitrogens is 2. The molecule has 12 heavy (non-hydrogen) atoms. The van der Waals surface area contributed by atoms with Crippen LogP contribution < -0.4 is 4.90 Å². The minimum atomic E-state index is 0.655. The van der Waals surface area contributed by atoms with E-state index in [4.69, 9.17) is 5.26 Å². The second-order valence-corrected chi connectivity index (χ2v) is 2.91. The van der Waals surface area contributed by atoms with Crippen molar-refractivity contribution in [2.45, 2.75) is 6.92 Å². The van der Waals surface area contributed by atoms with Gasteiger partial charge in [-0.3, -0.25) is 4.68 Å². The zero-order valence-corrected chi connectivity index (χ0v) is 7.79. The largest absolute Gasteiger partial charge is 0.362 e. The average Bonchev–Trinajstić information content (AvgIpc) is 2.24. The molecule has 0 radical (unpaired) electrons. The summed E-state index contributed by atoms with van der Waals surface area (Å²) in [6, 6.07) is 2.14. The summed E-state index contributed by atoms with van der Waals surface area (Å²) in [6.07, 6.45) is 0. The molecule has 1 heterocycles. The van der Waals surface area contributed by atoms with E-state index in [9.17, 15) is 0 Å². The molecule has 0 bridgehead atoms. The van der Waals surface area contributed by atoms with Gasteiger partial charge in [0.25, 0.3) is 0 Å². The topological polar surface area (TPSA) is 44.9 Å². The molecule has 0 aliphatic rings. The van der Waals surface area contributed by atoms with Crippen molar-refractivity contribution in [2.75, 3.05) is 19.0 Å². The first-order valence-electron chi connectivity index (χ1n) is 3.69. The van der Waals surface area contributed by atoms with E-state index in [0.717, 1.165) is 11.5 Å². The molecule has 1 aromatic heterocycles.